The van der Waals surface area contributed by atoms with Gasteiger partial charge in [-0.15, -0.1) is 0 Å². The van der Waals surface area contributed by atoms with Crippen molar-refractivity contribution < 1.29 is 9.47 Å². The Morgan fingerprint density at radius 2 is 1.95 bits per heavy atom. The average molecular weight is 354 g/mol. The molecule has 0 radical (unpaired) electrons. The molecule has 1 aromatic rings. The summed E-state index contributed by atoms with van der Waals surface area (Å²) in [5.74, 6) is 2.33. The van der Waals surface area contributed by atoms with Gasteiger partial charge in [-0.25, -0.2) is 0 Å². The van der Waals surface area contributed by atoms with Crippen molar-refractivity contribution in [1.82, 2.24) is 5.32 Å². The molecule has 1 aromatic carbocycles. The van der Waals surface area contributed by atoms with E-state index in [0.29, 0.717) is 12.0 Å². The first kappa shape index (κ1) is 15.2. The van der Waals surface area contributed by atoms with Gasteiger partial charge in [0.05, 0.1) is 13.2 Å². The molecule has 1 heterocycles. The van der Waals surface area contributed by atoms with E-state index in [2.05, 4.69) is 27.3 Å². The van der Waals surface area contributed by atoms with Crippen LogP contribution >= 0.6 is 15.9 Å². The van der Waals surface area contributed by atoms with E-state index in [1.807, 2.05) is 6.07 Å². The third kappa shape index (κ3) is 3.37. The van der Waals surface area contributed by atoms with Crippen molar-refractivity contribution in [3.63, 3.8) is 0 Å². The second kappa shape index (κ2) is 7.01. The van der Waals surface area contributed by atoms with Crippen molar-refractivity contribution in [2.24, 2.45) is 0 Å². The maximum absolute atomic E-state index is 6.38. The third-order valence-corrected chi connectivity index (χ3v) is 5.31. The summed E-state index contributed by atoms with van der Waals surface area (Å²) in [6, 6.07) is 4.10. The molecule has 3 nitrogen and oxygen atoms in total. The van der Waals surface area contributed by atoms with Gasteiger partial charge >= 0.3 is 0 Å². The van der Waals surface area contributed by atoms with Crippen molar-refractivity contribution in [3.8, 4) is 11.5 Å². The lowest BCUT2D eigenvalue weighted by Gasteiger charge is -2.28. The smallest absolute Gasteiger partial charge is 0.166 e. The van der Waals surface area contributed by atoms with Gasteiger partial charge in [-0.2, -0.15) is 0 Å². The minimum atomic E-state index is 0.350. The Balaban J connectivity index is 1.94. The van der Waals surface area contributed by atoms with Crippen LogP contribution in [0, 0.1) is 0 Å². The van der Waals surface area contributed by atoms with E-state index >= 15 is 0 Å². The molecule has 1 saturated heterocycles. The summed E-state index contributed by atoms with van der Waals surface area (Å²) in [5, 5.41) is 3.50. The number of halogens is 1. The SMILES string of the molecule is COc1ccc(Br)c(C2CCCNC2)c1OC1CCCC1. The largest absolute Gasteiger partial charge is 0.493 e. The Labute approximate surface area is 135 Å². The third-order valence-electron chi connectivity index (χ3n) is 4.62. The zero-order valence-electron chi connectivity index (χ0n) is 12.7. The monoisotopic (exact) mass is 353 g/mol. The molecule has 3 rings (SSSR count). The molecular weight excluding hydrogens is 330 g/mol. The highest BCUT2D eigenvalue weighted by atomic mass is 79.9. The van der Waals surface area contributed by atoms with Crippen LogP contribution in [0.4, 0.5) is 0 Å². The summed E-state index contributed by atoms with van der Waals surface area (Å²) in [6.45, 7) is 2.14. The van der Waals surface area contributed by atoms with Gasteiger partial charge in [-0.1, -0.05) is 15.9 Å². The molecule has 0 amide bonds. The standard InChI is InChI=1S/C17H24BrNO2/c1-20-15-9-8-14(18)16(12-5-4-10-19-11-12)17(15)21-13-6-2-3-7-13/h8-9,12-13,19H,2-7,10-11H2,1H3. The van der Waals surface area contributed by atoms with Gasteiger partial charge in [0.25, 0.3) is 0 Å². The Morgan fingerprint density at radius 1 is 1.14 bits per heavy atom. The zero-order valence-corrected chi connectivity index (χ0v) is 14.2. The summed E-state index contributed by atoms with van der Waals surface area (Å²) in [6.07, 6.45) is 7.67. The van der Waals surface area contributed by atoms with Crippen LogP contribution in [0.1, 0.15) is 50.0 Å². The van der Waals surface area contributed by atoms with Crippen molar-refractivity contribution >= 4 is 15.9 Å². The Hall–Kier alpha value is -0.740. The number of nitrogens with one attached hydrogen (secondary N) is 1. The lowest BCUT2D eigenvalue weighted by molar-refractivity contribution is 0.196. The van der Waals surface area contributed by atoms with E-state index in [4.69, 9.17) is 9.47 Å². The fourth-order valence-electron chi connectivity index (χ4n) is 3.49. The summed E-state index contributed by atoms with van der Waals surface area (Å²) >= 11 is 3.73. The van der Waals surface area contributed by atoms with Gasteiger partial charge in [-0.05, 0) is 57.2 Å². The van der Waals surface area contributed by atoms with Crippen LogP contribution in [0.25, 0.3) is 0 Å². The van der Waals surface area contributed by atoms with E-state index in [1.165, 1.54) is 31.2 Å². The molecule has 4 heteroatoms. The highest BCUT2D eigenvalue weighted by Crippen LogP contribution is 2.44. The van der Waals surface area contributed by atoms with E-state index < -0.39 is 0 Å². The van der Waals surface area contributed by atoms with E-state index in [1.54, 1.807) is 7.11 Å². The van der Waals surface area contributed by atoms with Crippen LogP contribution in [0.2, 0.25) is 0 Å². The number of hydrogen-bond acceptors (Lipinski definition) is 3. The number of rotatable bonds is 4. The lowest BCUT2D eigenvalue weighted by atomic mass is 9.90. The first-order chi connectivity index (χ1) is 10.3. The molecular formula is C17H24BrNO2. The molecule has 1 saturated carbocycles. The van der Waals surface area contributed by atoms with E-state index in [-0.39, 0.29) is 0 Å². The molecule has 0 bridgehead atoms. The molecule has 0 spiro atoms. The summed E-state index contributed by atoms with van der Waals surface area (Å²) < 4.78 is 13.1. The van der Waals surface area contributed by atoms with Crippen LogP contribution in [0.15, 0.2) is 16.6 Å². The maximum atomic E-state index is 6.38. The molecule has 0 aromatic heterocycles. The van der Waals surface area contributed by atoms with Gasteiger partial charge < -0.3 is 14.8 Å². The molecule has 1 aliphatic carbocycles. The van der Waals surface area contributed by atoms with Crippen molar-refractivity contribution in [1.29, 1.82) is 0 Å². The van der Waals surface area contributed by atoms with Crippen LogP contribution in [-0.4, -0.2) is 26.3 Å². The van der Waals surface area contributed by atoms with Crippen molar-refractivity contribution in [3.05, 3.63) is 22.2 Å². The molecule has 1 unspecified atom stereocenters. The first-order valence-electron chi connectivity index (χ1n) is 8.03. The average Bonchev–Trinajstić information content (AvgIpc) is 3.02. The maximum Gasteiger partial charge on any atom is 0.166 e. The lowest BCUT2D eigenvalue weighted by Crippen LogP contribution is -2.29. The van der Waals surface area contributed by atoms with Gasteiger partial charge in [0.1, 0.15) is 0 Å². The topological polar surface area (TPSA) is 30.5 Å². The second-order valence-electron chi connectivity index (χ2n) is 6.06. The van der Waals surface area contributed by atoms with Crippen molar-refractivity contribution in [2.45, 2.75) is 50.5 Å². The highest BCUT2D eigenvalue weighted by molar-refractivity contribution is 9.10. The number of methoxy groups -OCH3 is 1. The molecule has 1 atom stereocenters. The summed E-state index contributed by atoms with van der Waals surface area (Å²) in [4.78, 5) is 0. The molecule has 2 fully saturated rings. The Morgan fingerprint density at radius 3 is 2.62 bits per heavy atom. The highest BCUT2D eigenvalue weighted by Gasteiger charge is 2.27. The van der Waals surface area contributed by atoms with Crippen LogP contribution in [-0.2, 0) is 0 Å². The molecule has 1 N–H and O–H groups in total. The normalized spacial score (nSPS) is 23.2. The second-order valence-corrected chi connectivity index (χ2v) is 6.91. The summed E-state index contributed by atoms with van der Waals surface area (Å²) in [7, 11) is 1.73. The van der Waals surface area contributed by atoms with Crippen LogP contribution in [0.5, 0.6) is 11.5 Å². The van der Waals surface area contributed by atoms with Crippen molar-refractivity contribution in [2.75, 3.05) is 20.2 Å². The Kier molecular flexibility index (Phi) is 5.07. The minimum Gasteiger partial charge on any atom is -0.493 e. The molecule has 116 valence electrons. The van der Waals surface area contributed by atoms with Gasteiger partial charge in [0.2, 0.25) is 0 Å². The van der Waals surface area contributed by atoms with E-state index in [0.717, 1.165) is 41.9 Å². The fourth-order valence-corrected chi connectivity index (χ4v) is 4.13. The zero-order chi connectivity index (χ0) is 14.7. The molecule has 2 aliphatic rings. The molecule has 1 aliphatic heterocycles. The predicted octanol–water partition coefficient (Wildman–Crippen LogP) is 4.25. The Bertz CT molecular complexity index is 480. The number of hydrogen-bond donors (Lipinski definition) is 1. The summed E-state index contributed by atoms with van der Waals surface area (Å²) in [5.41, 5.74) is 1.29. The van der Waals surface area contributed by atoms with Gasteiger partial charge in [0, 0.05) is 22.5 Å². The number of benzene rings is 1. The van der Waals surface area contributed by atoms with Gasteiger partial charge in [0.15, 0.2) is 11.5 Å². The fraction of sp³-hybridized carbons (Fsp3) is 0.647. The van der Waals surface area contributed by atoms with E-state index in [9.17, 15) is 0 Å². The number of ether oxygens (including phenoxy) is 2. The first-order valence-corrected chi connectivity index (χ1v) is 8.82. The quantitative estimate of drug-likeness (QED) is 0.877. The minimum absolute atomic E-state index is 0.350. The van der Waals surface area contributed by atoms with Crippen LogP contribution in [0.3, 0.4) is 0 Å². The van der Waals surface area contributed by atoms with Crippen LogP contribution < -0.4 is 14.8 Å². The molecule has 21 heavy (non-hydrogen) atoms. The van der Waals surface area contributed by atoms with Gasteiger partial charge in [-0.3, -0.25) is 0 Å². The predicted molar refractivity (Wildman–Crippen MR) is 88.4 cm³/mol. The number of piperidine rings is 1.